The zero-order valence-electron chi connectivity index (χ0n) is 21.2. The van der Waals surface area contributed by atoms with E-state index in [2.05, 4.69) is 25.6 Å². The monoisotopic (exact) mass is 576 g/mol. The van der Waals surface area contributed by atoms with Crippen LogP contribution in [-0.4, -0.2) is 50.3 Å². The van der Waals surface area contributed by atoms with Gasteiger partial charge in [0, 0.05) is 30.4 Å². The van der Waals surface area contributed by atoms with Gasteiger partial charge in [-0.3, -0.25) is 29.4 Å². The summed E-state index contributed by atoms with van der Waals surface area (Å²) in [5.41, 5.74) is 2.12. The van der Waals surface area contributed by atoms with Crippen molar-refractivity contribution in [2.24, 2.45) is 0 Å². The molecule has 14 heteroatoms. The number of nitro groups is 1. The number of anilines is 2. The normalized spacial score (nSPS) is 14.2. The fourth-order valence-electron chi connectivity index (χ4n) is 4.06. The molecule has 0 unspecified atom stereocenters. The first kappa shape index (κ1) is 27.5. The Kier molecular flexibility index (Phi) is 8.01. The number of fused-ring (bicyclic) bond motifs is 1. The summed E-state index contributed by atoms with van der Waals surface area (Å²) in [6.07, 6.45) is 2.61. The summed E-state index contributed by atoms with van der Waals surface area (Å²) < 4.78 is 17.8. The quantitative estimate of drug-likeness (QED) is 0.110. The summed E-state index contributed by atoms with van der Waals surface area (Å²) in [7, 11) is 0. The number of halogens is 1. The van der Waals surface area contributed by atoms with Gasteiger partial charge in [-0.15, -0.1) is 0 Å². The molecule has 1 aliphatic heterocycles. The minimum Gasteiger partial charge on any atom is -0.354 e. The van der Waals surface area contributed by atoms with Crippen LogP contribution in [0, 0.1) is 15.9 Å². The van der Waals surface area contributed by atoms with E-state index in [4.69, 9.17) is 0 Å². The lowest BCUT2D eigenvalue weighted by atomic mass is 10.1. The molecule has 3 amide bonds. The second kappa shape index (κ2) is 12.0. The first-order valence-electron chi connectivity index (χ1n) is 12.4. The molecule has 0 spiro atoms. The number of imide groups is 1. The highest BCUT2D eigenvalue weighted by Gasteiger charge is 2.34. The lowest BCUT2D eigenvalue weighted by Gasteiger charge is -2.12. The number of nitro benzene ring substituents is 1. The standard InChI is InChI=1S/C27H21FN6O6S/c28-18-7-3-16(4-8-18)15-22-26(36)33(27(37)41-22)14-2-1-13-29-25(35)17-5-9-19(10-6-17)30-20-11-12-21(34(38)39)24-23(20)31-40-32-24/h3-12,15,30H,1-2,13-14H2,(H,29,35)/b22-15-. The zero-order valence-corrected chi connectivity index (χ0v) is 22.0. The topological polar surface area (TPSA) is 161 Å². The van der Waals surface area contributed by atoms with Gasteiger partial charge in [0.25, 0.3) is 17.1 Å². The van der Waals surface area contributed by atoms with Gasteiger partial charge >= 0.3 is 5.69 Å². The van der Waals surface area contributed by atoms with Crippen molar-refractivity contribution >= 4 is 63.0 Å². The molecule has 0 aliphatic carbocycles. The van der Waals surface area contributed by atoms with Crippen LogP contribution in [0.5, 0.6) is 0 Å². The Hall–Kier alpha value is -5.11. The van der Waals surface area contributed by atoms with E-state index in [1.165, 1.54) is 41.3 Å². The van der Waals surface area contributed by atoms with Crippen LogP contribution < -0.4 is 10.6 Å². The first-order chi connectivity index (χ1) is 19.8. The van der Waals surface area contributed by atoms with Gasteiger partial charge < -0.3 is 10.6 Å². The summed E-state index contributed by atoms with van der Waals surface area (Å²) >= 11 is 0.843. The Morgan fingerprint density at radius 2 is 1.76 bits per heavy atom. The van der Waals surface area contributed by atoms with E-state index < -0.39 is 10.8 Å². The van der Waals surface area contributed by atoms with Crippen molar-refractivity contribution in [1.82, 2.24) is 20.5 Å². The maximum Gasteiger partial charge on any atom is 0.300 e. The van der Waals surface area contributed by atoms with Crippen LogP contribution in [0.25, 0.3) is 17.1 Å². The van der Waals surface area contributed by atoms with E-state index in [0.29, 0.717) is 41.9 Å². The summed E-state index contributed by atoms with van der Waals surface area (Å²) in [6, 6.07) is 15.0. The molecule has 1 aromatic heterocycles. The lowest BCUT2D eigenvalue weighted by Crippen LogP contribution is -2.30. The predicted octanol–water partition coefficient (Wildman–Crippen LogP) is 5.26. The van der Waals surface area contributed by atoms with Crippen molar-refractivity contribution in [1.29, 1.82) is 0 Å². The van der Waals surface area contributed by atoms with E-state index in [-0.39, 0.29) is 45.1 Å². The number of nitrogens with one attached hydrogen (secondary N) is 2. The molecule has 1 fully saturated rings. The molecule has 3 aromatic carbocycles. The van der Waals surface area contributed by atoms with Crippen LogP contribution in [0.3, 0.4) is 0 Å². The Bertz CT molecular complexity index is 1670. The Morgan fingerprint density at radius 1 is 1.02 bits per heavy atom. The fourth-order valence-corrected chi connectivity index (χ4v) is 4.93. The Balaban J connectivity index is 1.08. The molecular weight excluding hydrogens is 555 g/mol. The number of thioether (sulfide) groups is 1. The molecular formula is C27H21FN6O6S. The third kappa shape index (κ3) is 6.22. The molecule has 2 heterocycles. The van der Waals surface area contributed by atoms with Crippen LogP contribution >= 0.6 is 11.8 Å². The van der Waals surface area contributed by atoms with Gasteiger partial charge in [-0.2, -0.15) is 0 Å². The molecule has 2 N–H and O–H groups in total. The van der Waals surface area contributed by atoms with E-state index in [1.807, 2.05) is 0 Å². The molecule has 12 nitrogen and oxygen atoms in total. The van der Waals surface area contributed by atoms with Gasteiger partial charge in [-0.25, -0.2) is 9.02 Å². The highest BCUT2D eigenvalue weighted by atomic mass is 32.2. The number of benzene rings is 3. The number of non-ortho nitro benzene ring substituents is 1. The maximum absolute atomic E-state index is 13.1. The largest absolute Gasteiger partial charge is 0.354 e. The molecule has 4 aromatic rings. The Morgan fingerprint density at radius 3 is 2.49 bits per heavy atom. The fraction of sp³-hybridized carbons (Fsp3) is 0.148. The van der Waals surface area contributed by atoms with E-state index in [9.17, 15) is 28.9 Å². The van der Waals surface area contributed by atoms with Crippen molar-refractivity contribution in [3.05, 3.63) is 92.6 Å². The molecule has 0 radical (unpaired) electrons. The molecule has 0 atom stereocenters. The molecule has 1 saturated heterocycles. The molecule has 1 aliphatic rings. The van der Waals surface area contributed by atoms with E-state index >= 15 is 0 Å². The smallest absolute Gasteiger partial charge is 0.300 e. The SMILES string of the molecule is O=C(NCCCCN1C(=O)S/C(=C\c2ccc(F)cc2)C1=O)c1ccc(Nc2ccc([N+](=O)[O-])c3nonc23)cc1. The van der Waals surface area contributed by atoms with Gasteiger partial charge in [0.05, 0.1) is 15.5 Å². The summed E-state index contributed by atoms with van der Waals surface area (Å²) in [5, 5.41) is 24.0. The average Bonchev–Trinajstić information content (AvgIpc) is 3.55. The van der Waals surface area contributed by atoms with Crippen molar-refractivity contribution in [2.75, 3.05) is 18.4 Å². The number of hydrogen-bond donors (Lipinski definition) is 2. The zero-order chi connectivity index (χ0) is 28.9. The van der Waals surface area contributed by atoms with Gasteiger partial charge in [-0.1, -0.05) is 12.1 Å². The second-order valence-electron chi connectivity index (χ2n) is 8.90. The third-order valence-corrected chi connectivity index (χ3v) is 7.06. The highest BCUT2D eigenvalue weighted by Crippen LogP contribution is 2.33. The average molecular weight is 577 g/mol. The van der Waals surface area contributed by atoms with E-state index in [0.717, 1.165) is 11.8 Å². The molecule has 0 saturated carbocycles. The summed E-state index contributed by atoms with van der Waals surface area (Å²) in [6.45, 7) is 0.568. The third-order valence-electron chi connectivity index (χ3n) is 6.15. The number of aromatic nitrogens is 2. The summed E-state index contributed by atoms with van der Waals surface area (Å²) in [5.74, 6) is -1.07. The predicted molar refractivity (Wildman–Crippen MR) is 149 cm³/mol. The summed E-state index contributed by atoms with van der Waals surface area (Å²) in [4.78, 5) is 49.5. The minimum absolute atomic E-state index is 0.0233. The molecule has 208 valence electrons. The van der Waals surface area contributed by atoms with Crippen molar-refractivity contribution in [2.45, 2.75) is 12.8 Å². The number of carbonyl (C=O) groups is 3. The van der Waals surface area contributed by atoms with Crippen LogP contribution in [0.2, 0.25) is 0 Å². The number of amides is 3. The molecule has 5 rings (SSSR count). The van der Waals surface area contributed by atoms with E-state index in [1.54, 1.807) is 30.3 Å². The van der Waals surface area contributed by atoms with Gasteiger partial charge in [0.1, 0.15) is 5.82 Å². The number of carbonyl (C=O) groups excluding carboxylic acids is 3. The number of rotatable bonds is 10. The number of unbranched alkanes of at least 4 members (excludes halogenated alkanes) is 1. The highest BCUT2D eigenvalue weighted by molar-refractivity contribution is 8.18. The van der Waals surface area contributed by atoms with Crippen molar-refractivity contribution < 1.29 is 28.3 Å². The lowest BCUT2D eigenvalue weighted by molar-refractivity contribution is -0.383. The van der Waals surface area contributed by atoms with Gasteiger partial charge in [-0.05, 0) is 89.0 Å². The maximum atomic E-state index is 13.1. The number of hydrogen-bond acceptors (Lipinski definition) is 10. The Labute approximate surface area is 235 Å². The second-order valence-corrected chi connectivity index (χ2v) is 9.89. The van der Waals surface area contributed by atoms with Crippen LogP contribution in [-0.2, 0) is 4.79 Å². The minimum atomic E-state index is -0.570. The van der Waals surface area contributed by atoms with Crippen LogP contribution in [0.15, 0.2) is 70.2 Å². The first-order valence-corrected chi connectivity index (χ1v) is 13.2. The van der Waals surface area contributed by atoms with Crippen LogP contribution in [0.4, 0.5) is 26.2 Å². The van der Waals surface area contributed by atoms with Crippen molar-refractivity contribution in [3.63, 3.8) is 0 Å². The molecule has 0 bridgehead atoms. The van der Waals surface area contributed by atoms with Gasteiger partial charge in [0.2, 0.25) is 5.52 Å². The number of nitrogens with zero attached hydrogens (tertiary/aromatic N) is 4. The molecule has 41 heavy (non-hydrogen) atoms. The van der Waals surface area contributed by atoms with Gasteiger partial charge in [0.15, 0.2) is 5.52 Å². The van der Waals surface area contributed by atoms with Crippen LogP contribution in [0.1, 0.15) is 28.8 Å². The van der Waals surface area contributed by atoms with Crippen molar-refractivity contribution in [3.8, 4) is 0 Å².